The summed E-state index contributed by atoms with van der Waals surface area (Å²) < 4.78 is 5.38. The molecule has 0 spiro atoms. The Morgan fingerprint density at radius 3 is 2.64 bits per heavy atom. The van der Waals surface area contributed by atoms with Gasteiger partial charge in [0.1, 0.15) is 11.8 Å². The van der Waals surface area contributed by atoms with Crippen molar-refractivity contribution >= 4 is 29.4 Å². The van der Waals surface area contributed by atoms with Gasteiger partial charge in [0.15, 0.2) is 5.78 Å². The predicted molar refractivity (Wildman–Crippen MR) is 82.8 cm³/mol. The lowest BCUT2D eigenvalue weighted by Crippen LogP contribution is -2.47. The van der Waals surface area contributed by atoms with Crippen LogP contribution in [0.3, 0.4) is 0 Å². The van der Waals surface area contributed by atoms with Gasteiger partial charge < -0.3 is 9.64 Å². The van der Waals surface area contributed by atoms with E-state index >= 15 is 0 Å². The summed E-state index contributed by atoms with van der Waals surface area (Å²) in [5.41, 5.74) is 0.568. The standard InChI is InChI=1S/C16H17NO4S/c1-10(18)11-3-5-12(6-4-11)21-15(20)13-9-22-16(2)8-7-14(19)17(13)16/h3-6,13H,7-9H2,1-2H3/t13-,16-/m1/s1. The van der Waals surface area contributed by atoms with Gasteiger partial charge in [-0.25, -0.2) is 4.79 Å². The lowest BCUT2D eigenvalue weighted by molar-refractivity contribution is -0.146. The van der Waals surface area contributed by atoms with Gasteiger partial charge >= 0.3 is 5.97 Å². The topological polar surface area (TPSA) is 63.7 Å². The van der Waals surface area contributed by atoms with E-state index in [1.807, 2.05) is 6.92 Å². The molecule has 0 aliphatic carbocycles. The highest BCUT2D eigenvalue weighted by Gasteiger charge is 2.53. The Morgan fingerprint density at radius 1 is 1.32 bits per heavy atom. The second-order valence-corrected chi connectivity index (χ2v) is 7.27. The molecule has 2 atom stereocenters. The molecule has 0 radical (unpaired) electrons. The fourth-order valence-corrected chi connectivity index (χ4v) is 4.35. The first-order valence-electron chi connectivity index (χ1n) is 7.19. The van der Waals surface area contributed by atoms with Crippen molar-refractivity contribution in [2.75, 3.05) is 5.75 Å². The number of amides is 1. The number of nitrogens with zero attached hydrogens (tertiary/aromatic N) is 1. The van der Waals surface area contributed by atoms with Gasteiger partial charge in [-0.2, -0.15) is 0 Å². The third-order valence-corrected chi connectivity index (χ3v) is 5.70. The number of Topliss-reactive ketones (excluding diaryl/α,β-unsaturated/α-hetero) is 1. The van der Waals surface area contributed by atoms with Gasteiger partial charge in [-0.1, -0.05) is 0 Å². The van der Waals surface area contributed by atoms with Gasteiger partial charge in [-0.3, -0.25) is 9.59 Å². The van der Waals surface area contributed by atoms with E-state index in [1.54, 1.807) is 40.9 Å². The molecule has 2 aliphatic heterocycles. The molecular formula is C16H17NO4S. The summed E-state index contributed by atoms with van der Waals surface area (Å²) in [6, 6.07) is 5.92. The average Bonchev–Trinajstić information content (AvgIpc) is 2.97. The Balaban J connectivity index is 1.72. The lowest BCUT2D eigenvalue weighted by Gasteiger charge is -2.29. The maximum Gasteiger partial charge on any atom is 0.335 e. The molecule has 0 N–H and O–H groups in total. The molecule has 2 fully saturated rings. The number of carbonyl (C=O) groups is 3. The summed E-state index contributed by atoms with van der Waals surface area (Å²) in [6.45, 7) is 3.48. The first-order valence-corrected chi connectivity index (χ1v) is 8.18. The summed E-state index contributed by atoms with van der Waals surface area (Å²) in [5, 5.41) is 0. The Kier molecular flexibility index (Phi) is 3.72. The third kappa shape index (κ3) is 2.52. The predicted octanol–water partition coefficient (Wildman–Crippen LogP) is 2.25. The van der Waals surface area contributed by atoms with E-state index in [-0.39, 0.29) is 16.6 Å². The van der Waals surface area contributed by atoms with Crippen LogP contribution in [0.5, 0.6) is 5.75 Å². The van der Waals surface area contributed by atoms with Gasteiger partial charge in [-0.15, -0.1) is 11.8 Å². The van der Waals surface area contributed by atoms with Gasteiger partial charge in [0.2, 0.25) is 5.91 Å². The number of ether oxygens (including phenoxy) is 1. The Bertz CT molecular complexity index is 642. The van der Waals surface area contributed by atoms with Crippen LogP contribution in [0, 0.1) is 0 Å². The number of carbonyl (C=O) groups excluding carboxylic acids is 3. The highest BCUT2D eigenvalue weighted by Crippen LogP contribution is 2.47. The zero-order chi connectivity index (χ0) is 15.9. The molecule has 0 aromatic heterocycles. The second-order valence-electron chi connectivity index (χ2n) is 5.77. The average molecular weight is 319 g/mol. The minimum absolute atomic E-state index is 0.0152. The fourth-order valence-electron chi connectivity index (χ4n) is 2.94. The number of hydrogen-bond acceptors (Lipinski definition) is 5. The van der Waals surface area contributed by atoms with Crippen LogP contribution in [0.1, 0.15) is 37.0 Å². The SMILES string of the molecule is CC(=O)c1ccc(OC(=O)[C@H]2CS[C@]3(C)CCC(=O)N23)cc1. The van der Waals surface area contributed by atoms with E-state index in [2.05, 4.69) is 0 Å². The zero-order valence-electron chi connectivity index (χ0n) is 12.5. The van der Waals surface area contributed by atoms with Crippen LogP contribution in [-0.4, -0.2) is 39.2 Å². The molecule has 1 aromatic carbocycles. The molecule has 22 heavy (non-hydrogen) atoms. The number of fused-ring (bicyclic) bond motifs is 1. The summed E-state index contributed by atoms with van der Waals surface area (Å²) in [4.78, 5) is 37.0. The molecular weight excluding hydrogens is 302 g/mol. The van der Waals surface area contributed by atoms with E-state index in [0.29, 0.717) is 23.5 Å². The molecule has 2 aliphatic rings. The number of benzene rings is 1. The molecule has 0 bridgehead atoms. The monoisotopic (exact) mass is 319 g/mol. The number of hydrogen-bond donors (Lipinski definition) is 0. The normalized spacial score (nSPS) is 26.9. The summed E-state index contributed by atoms with van der Waals surface area (Å²) in [5.74, 6) is 0.513. The van der Waals surface area contributed by atoms with Crippen molar-refractivity contribution in [1.82, 2.24) is 4.90 Å². The molecule has 1 amide bonds. The van der Waals surface area contributed by atoms with Crippen molar-refractivity contribution in [2.24, 2.45) is 0 Å². The molecule has 1 aromatic rings. The van der Waals surface area contributed by atoms with Crippen LogP contribution in [0.4, 0.5) is 0 Å². The van der Waals surface area contributed by atoms with Crippen LogP contribution in [-0.2, 0) is 9.59 Å². The van der Waals surface area contributed by atoms with Crippen LogP contribution < -0.4 is 4.74 Å². The minimum atomic E-state index is -0.530. The quantitative estimate of drug-likeness (QED) is 0.486. The minimum Gasteiger partial charge on any atom is -0.425 e. The maximum absolute atomic E-state index is 12.4. The fraction of sp³-hybridized carbons (Fsp3) is 0.438. The van der Waals surface area contributed by atoms with Crippen molar-refractivity contribution in [3.63, 3.8) is 0 Å². The largest absolute Gasteiger partial charge is 0.425 e. The Labute approximate surface area is 133 Å². The number of ketones is 1. The van der Waals surface area contributed by atoms with Crippen molar-refractivity contribution < 1.29 is 19.1 Å². The number of rotatable bonds is 3. The van der Waals surface area contributed by atoms with Crippen molar-refractivity contribution in [2.45, 2.75) is 37.6 Å². The van der Waals surface area contributed by atoms with Crippen LogP contribution in [0.15, 0.2) is 24.3 Å². The summed E-state index contributed by atoms with van der Waals surface area (Å²) in [7, 11) is 0. The van der Waals surface area contributed by atoms with Gasteiger partial charge in [-0.05, 0) is 44.5 Å². The van der Waals surface area contributed by atoms with Crippen LogP contribution in [0.25, 0.3) is 0 Å². The highest BCUT2D eigenvalue weighted by atomic mass is 32.2. The van der Waals surface area contributed by atoms with E-state index in [0.717, 1.165) is 6.42 Å². The molecule has 3 rings (SSSR count). The smallest absolute Gasteiger partial charge is 0.335 e. The van der Waals surface area contributed by atoms with Crippen molar-refractivity contribution in [3.8, 4) is 5.75 Å². The first kappa shape index (κ1) is 15.1. The molecule has 2 heterocycles. The van der Waals surface area contributed by atoms with E-state index < -0.39 is 12.0 Å². The summed E-state index contributed by atoms with van der Waals surface area (Å²) in [6.07, 6.45) is 1.26. The van der Waals surface area contributed by atoms with Crippen LogP contribution >= 0.6 is 11.8 Å². The number of esters is 1. The van der Waals surface area contributed by atoms with Gasteiger partial charge in [0.05, 0.1) is 4.87 Å². The van der Waals surface area contributed by atoms with E-state index in [1.165, 1.54) is 6.92 Å². The lowest BCUT2D eigenvalue weighted by atomic mass is 10.1. The van der Waals surface area contributed by atoms with E-state index in [4.69, 9.17) is 4.74 Å². The molecule has 5 nitrogen and oxygen atoms in total. The number of thioether (sulfide) groups is 1. The molecule has 0 saturated carbocycles. The molecule has 0 unspecified atom stereocenters. The Morgan fingerprint density at radius 2 is 2.00 bits per heavy atom. The molecule has 116 valence electrons. The summed E-state index contributed by atoms with van der Waals surface area (Å²) >= 11 is 1.63. The molecule has 6 heteroatoms. The molecule has 2 saturated heterocycles. The first-order chi connectivity index (χ1) is 10.4. The highest BCUT2D eigenvalue weighted by molar-refractivity contribution is 8.01. The van der Waals surface area contributed by atoms with E-state index in [9.17, 15) is 14.4 Å². The maximum atomic E-state index is 12.4. The Hall–Kier alpha value is -1.82. The van der Waals surface area contributed by atoms with Crippen LogP contribution in [0.2, 0.25) is 0 Å². The second kappa shape index (κ2) is 5.43. The van der Waals surface area contributed by atoms with Crippen molar-refractivity contribution in [1.29, 1.82) is 0 Å². The van der Waals surface area contributed by atoms with Gasteiger partial charge in [0, 0.05) is 17.7 Å². The third-order valence-electron chi connectivity index (χ3n) is 4.20. The zero-order valence-corrected chi connectivity index (χ0v) is 13.3. The van der Waals surface area contributed by atoms with Gasteiger partial charge in [0.25, 0.3) is 0 Å². The van der Waals surface area contributed by atoms with Crippen molar-refractivity contribution in [3.05, 3.63) is 29.8 Å².